The summed E-state index contributed by atoms with van der Waals surface area (Å²) in [6.45, 7) is 4.76. The zero-order chi connectivity index (χ0) is 19.0. The Morgan fingerprint density at radius 3 is 2.48 bits per heavy atom. The summed E-state index contributed by atoms with van der Waals surface area (Å²) in [4.78, 5) is 15.0. The van der Waals surface area contributed by atoms with Crippen LogP contribution in [0.25, 0.3) is 0 Å². The lowest BCUT2D eigenvalue weighted by atomic mass is 9.95. The number of amides is 1. The zero-order valence-electron chi connectivity index (χ0n) is 15.4. The number of aromatic nitrogens is 2. The van der Waals surface area contributed by atoms with Gasteiger partial charge in [-0.25, -0.2) is 4.39 Å². The SMILES string of the molecule is CC(C)Cc1[nH]nc2c1C(c1ccc(F)cc1)N(Cc1ccccc1)C2=O. The molecule has 1 aliphatic rings. The molecule has 1 atom stereocenters. The highest BCUT2D eigenvalue weighted by Crippen LogP contribution is 2.41. The summed E-state index contributed by atoms with van der Waals surface area (Å²) in [7, 11) is 0. The molecule has 0 saturated carbocycles. The summed E-state index contributed by atoms with van der Waals surface area (Å²) in [6, 6.07) is 16.0. The van der Waals surface area contributed by atoms with Crippen LogP contribution in [0.1, 0.15) is 52.8 Å². The van der Waals surface area contributed by atoms with Crippen LogP contribution in [-0.2, 0) is 13.0 Å². The minimum atomic E-state index is -0.285. The largest absolute Gasteiger partial charge is 0.322 e. The van der Waals surface area contributed by atoms with Crippen molar-refractivity contribution in [1.29, 1.82) is 0 Å². The number of nitrogens with zero attached hydrogens (tertiary/aromatic N) is 2. The van der Waals surface area contributed by atoms with Gasteiger partial charge in [-0.3, -0.25) is 9.89 Å². The molecule has 2 aromatic carbocycles. The average molecular weight is 363 g/mol. The molecule has 0 aliphatic carbocycles. The van der Waals surface area contributed by atoms with E-state index in [4.69, 9.17) is 0 Å². The van der Waals surface area contributed by atoms with Gasteiger partial charge >= 0.3 is 0 Å². The van der Waals surface area contributed by atoms with Gasteiger partial charge in [0.05, 0.1) is 6.04 Å². The zero-order valence-corrected chi connectivity index (χ0v) is 15.4. The summed E-state index contributed by atoms with van der Waals surface area (Å²) in [5, 5.41) is 7.39. The number of benzene rings is 2. The second kappa shape index (κ2) is 6.99. The van der Waals surface area contributed by atoms with Crippen LogP contribution in [0.4, 0.5) is 4.39 Å². The summed E-state index contributed by atoms with van der Waals surface area (Å²) in [5.74, 6) is 0.0589. The lowest BCUT2D eigenvalue weighted by Crippen LogP contribution is -2.29. The first-order valence-corrected chi connectivity index (χ1v) is 9.22. The molecule has 27 heavy (non-hydrogen) atoms. The van der Waals surface area contributed by atoms with Gasteiger partial charge < -0.3 is 4.90 Å². The van der Waals surface area contributed by atoms with E-state index < -0.39 is 0 Å². The van der Waals surface area contributed by atoms with Crippen LogP contribution in [0.3, 0.4) is 0 Å². The number of hydrogen-bond acceptors (Lipinski definition) is 2. The van der Waals surface area contributed by atoms with Crippen LogP contribution in [0.5, 0.6) is 0 Å². The van der Waals surface area contributed by atoms with Gasteiger partial charge in [-0.15, -0.1) is 0 Å². The molecule has 4 nitrogen and oxygen atoms in total. The second-order valence-corrected chi connectivity index (χ2v) is 7.44. The fourth-order valence-corrected chi connectivity index (χ4v) is 3.75. The third-order valence-corrected chi connectivity index (χ3v) is 4.93. The Morgan fingerprint density at radius 2 is 1.81 bits per heavy atom. The fourth-order valence-electron chi connectivity index (χ4n) is 3.75. The van der Waals surface area contributed by atoms with Crippen LogP contribution in [0, 0.1) is 11.7 Å². The van der Waals surface area contributed by atoms with Crippen molar-refractivity contribution in [2.45, 2.75) is 32.9 Å². The summed E-state index contributed by atoms with van der Waals surface area (Å²) < 4.78 is 13.5. The maximum absolute atomic E-state index is 13.5. The maximum atomic E-state index is 13.5. The number of fused-ring (bicyclic) bond motifs is 1. The summed E-state index contributed by atoms with van der Waals surface area (Å²) in [6.07, 6.45) is 0.812. The second-order valence-electron chi connectivity index (χ2n) is 7.44. The first kappa shape index (κ1) is 17.5. The molecule has 3 aromatic rings. The number of carbonyl (C=O) groups is 1. The third-order valence-electron chi connectivity index (χ3n) is 4.93. The molecule has 1 aromatic heterocycles. The predicted octanol–water partition coefficient (Wildman–Crippen LogP) is 4.49. The van der Waals surface area contributed by atoms with Crippen molar-refractivity contribution >= 4 is 5.91 Å². The van der Waals surface area contributed by atoms with Gasteiger partial charge in [0.15, 0.2) is 5.69 Å². The number of carbonyl (C=O) groups excluding carboxylic acids is 1. The Bertz CT molecular complexity index is 947. The molecule has 1 amide bonds. The Morgan fingerprint density at radius 1 is 1.11 bits per heavy atom. The first-order valence-electron chi connectivity index (χ1n) is 9.22. The molecule has 2 heterocycles. The molecule has 4 rings (SSSR count). The molecule has 0 spiro atoms. The van der Waals surface area contributed by atoms with E-state index in [0.717, 1.165) is 28.8 Å². The normalized spacial score (nSPS) is 16.2. The number of nitrogens with one attached hydrogen (secondary N) is 1. The monoisotopic (exact) mass is 363 g/mol. The van der Waals surface area contributed by atoms with Gasteiger partial charge in [0, 0.05) is 17.8 Å². The van der Waals surface area contributed by atoms with Crippen LogP contribution >= 0.6 is 0 Å². The smallest absolute Gasteiger partial charge is 0.275 e. The molecular weight excluding hydrogens is 341 g/mol. The van der Waals surface area contributed by atoms with Crippen molar-refractivity contribution in [3.63, 3.8) is 0 Å². The minimum absolute atomic E-state index is 0.0885. The van der Waals surface area contributed by atoms with Crippen LogP contribution in [0.15, 0.2) is 54.6 Å². The number of aromatic amines is 1. The Kier molecular flexibility index (Phi) is 4.52. The lowest BCUT2D eigenvalue weighted by molar-refractivity contribution is 0.0729. The van der Waals surface area contributed by atoms with Gasteiger partial charge in [-0.05, 0) is 35.6 Å². The quantitative estimate of drug-likeness (QED) is 0.726. The number of H-pyrrole nitrogens is 1. The molecule has 1 unspecified atom stereocenters. The maximum Gasteiger partial charge on any atom is 0.275 e. The third kappa shape index (κ3) is 3.25. The topological polar surface area (TPSA) is 49.0 Å². The number of halogens is 1. The highest BCUT2D eigenvalue weighted by Gasteiger charge is 2.42. The van der Waals surface area contributed by atoms with E-state index >= 15 is 0 Å². The van der Waals surface area contributed by atoms with E-state index in [1.54, 1.807) is 12.1 Å². The standard InChI is InChI=1S/C22H22FN3O/c1-14(2)12-18-19-20(25-24-18)22(27)26(13-15-6-4-3-5-7-15)21(19)16-8-10-17(23)11-9-16/h3-11,14,21H,12-13H2,1-2H3,(H,24,25). The van der Waals surface area contributed by atoms with Crippen LogP contribution in [-0.4, -0.2) is 21.0 Å². The highest BCUT2D eigenvalue weighted by atomic mass is 19.1. The number of rotatable bonds is 5. The van der Waals surface area contributed by atoms with Crippen LogP contribution in [0.2, 0.25) is 0 Å². The molecule has 1 aliphatic heterocycles. The Balaban J connectivity index is 1.79. The van der Waals surface area contributed by atoms with Crippen molar-refractivity contribution in [1.82, 2.24) is 15.1 Å². The van der Waals surface area contributed by atoms with E-state index in [9.17, 15) is 9.18 Å². The average Bonchev–Trinajstić information content (AvgIpc) is 3.16. The highest BCUT2D eigenvalue weighted by molar-refractivity contribution is 5.98. The molecule has 1 N–H and O–H groups in total. The molecule has 0 bridgehead atoms. The number of hydrogen-bond donors (Lipinski definition) is 1. The van der Waals surface area contributed by atoms with Gasteiger partial charge in [0.1, 0.15) is 5.82 Å². The van der Waals surface area contributed by atoms with Gasteiger partial charge in [-0.1, -0.05) is 56.3 Å². The van der Waals surface area contributed by atoms with Crippen LogP contribution < -0.4 is 0 Å². The fraction of sp³-hybridized carbons (Fsp3) is 0.273. The van der Waals surface area contributed by atoms with E-state index in [2.05, 4.69) is 24.0 Å². The van der Waals surface area contributed by atoms with Gasteiger partial charge in [0.2, 0.25) is 0 Å². The molecule has 0 fully saturated rings. The van der Waals surface area contributed by atoms with E-state index in [1.165, 1.54) is 12.1 Å². The molecule has 0 radical (unpaired) electrons. The van der Waals surface area contributed by atoms with Gasteiger partial charge in [0.25, 0.3) is 5.91 Å². The Hall–Kier alpha value is -2.95. The van der Waals surface area contributed by atoms with Crippen molar-refractivity contribution in [3.8, 4) is 0 Å². The molecule has 0 saturated heterocycles. The van der Waals surface area contributed by atoms with Crippen molar-refractivity contribution < 1.29 is 9.18 Å². The lowest BCUT2D eigenvalue weighted by Gasteiger charge is -2.26. The van der Waals surface area contributed by atoms with Crippen molar-refractivity contribution in [3.05, 3.63) is 88.5 Å². The summed E-state index contributed by atoms with van der Waals surface area (Å²) in [5.41, 5.74) is 4.34. The van der Waals surface area contributed by atoms with Gasteiger partial charge in [-0.2, -0.15) is 5.10 Å². The first-order chi connectivity index (χ1) is 13.0. The summed E-state index contributed by atoms with van der Waals surface area (Å²) >= 11 is 0. The van der Waals surface area contributed by atoms with E-state index in [-0.39, 0.29) is 17.8 Å². The molecular formula is C22H22FN3O. The molecule has 5 heteroatoms. The van der Waals surface area contributed by atoms with Crippen molar-refractivity contribution in [2.24, 2.45) is 5.92 Å². The predicted molar refractivity (Wildman–Crippen MR) is 102 cm³/mol. The molecule has 138 valence electrons. The van der Waals surface area contributed by atoms with Crippen molar-refractivity contribution in [2.75, 3.05) is 0 Å². The minimum Gasteiger partial charge on any atom is -0.322 e. The van der Waals surface area contributed by atoms with E-state index in [1.807, 2.05) is 35.2 Å². The Labute approximate surface area is 158 Å². The van der Waals surface area contributed by atoms with E-state index in [0.29, 0.717) is 18.2 Å².